The molecule has 0 aliphatic rings. The van der Waals surface area contributed by atoms with Gasteiger partial charge in [0.05, 0.1) is 0 Å². The number of hydrogen-bond acceptors (Lipinski definition) is 2. The second-order valence-corrected chi connectivity index (χ2v) is 5.14. The number of rotatable bonds is 3. The Labute approximate surface area is 113 Å². The third kappa shape index (κ3) is 2.85. The predicted octanol–water partition coefficient (Wildman–Crippen LogP) is 4.49. The van der Waals surface area contributed by atoms with Crippen LogP contribution in [0.4, 0.5) is 0 Å². The Bertz CT molecular complexity index is 582. The van der Waals surface area contributed by atoms with E-state index in [1.807, 2.05) is 6.07 Å². The minimum absolute atomic E-state index is 0.349. The highest BCUT2D eigenvalue weighted by atomic mass is 32.1. The lowest BCUT2D eigenvalue weighted by molar-refractivity contribution is 0.773. The molecule has 3 heteroatoms. The van der Waals surface area contributed by atoms with Crippen molar-refractivity contribution in [3.8, 4) is 11.3 Å². The molecule has 0 amide bonds. The van der Waals surface area contributed by atoms with Crippen LogP contribution in [0.5, 0.6) is 0 Å². The maximum Gasteiger partial charge on any atom is 0.130 e. The number of nitrogens with one attached hydrogen (secondary N) is 1. The number of hydrogen-bond donors (Lipinski definition) is 1. The van der Waals surface area contributed by atoms with E-state index in [-0.39, 0.29) is 0 Å². The van der Waals surface area contributed by atoms with E-state index in [4.69, 9.17) is 12.2 Å². The first kappa shape index (κ1) is 13.0. The summed E-state index contributed by atoms with van der Waals surface area (Å²) in [5.41, 5.74) is 3.54. The van der Waals surface area contributed by atoms with Crippen LogP contribution < -0.4 is 0 Å². The number of benzene rings is 1. The van der Waals surface area contributed by atoms with E-state index in [0.29, 0.717) is 10.6 Å². The molecule has 2 rings (SSSR count). The zero-order valence-corrected chi connectivity index (χ0v) is 11.8. The third-order valence-corrected chi connectivity index (χ3v) is 3.19. The number of H-pyrrole nitrogens is 1. The summed E-state index contributed by atoms with van der Waals surface area (Å²) in [5, 5.41) is 0. The first-order valence-electron chi connectivity index (χ1n) is 6.30. The molecule has 0 unspecified atom stereocenters. The number of nitrogens with zero attached hydrogens (tertiary/aromatic N) is 1. The molecule has 0 bridgehead atoms. The minimum atomic E-state index is 0.349. The largest absolute Gasteiger partial charge is 0.343 e. The standard InChI is InChI=1S/C15H18N2S/c1-4-11-5-7-12(8-6-11)13-9-14(18)17-15(16-13)10(2)3/h5-10H,4H2,1-3H3,(H,16,17,18). The monoisotopic (exact) mass is 258 g/mol. The van der Waals surface area contributed by atoms with E-state index in [1.54, 1.807) is 0 Å². The average Bonchev–Trinajstić information content (AvgIpc) is 2.38. The number of aromatic amines is 1. The summed E-state index contributed by atoms with van der Waals surface area (Å²) in [4.78, 5) is 7.71. The zero-order chi connectivity index (χ0) is 13.1. The lowest BCUT2D eigenvalue weighted by Crippen LogP contribution is -1.99. The lowest BCUT2D eigenvalue weighted by Gasteiger charge is -2.09. The van der Waals surface area contributed by atoms with Crippen LogP contribution in [0.25, 0.3) is 11.3 Å². The molecule has 0 saturated carbocycles. The Morgan fingerprint density at radius 2 is 1.89 bits per heavy atom. The Morgan fingerprint density at radius 3 is 2.44 bits per heavy atom. The molecule has 0 saturated heterocycles. The fourth-order valence-corrected chi connectivity index (χ4v) is 2.04. The van der Waals surface area contributed by atoms with E-state index < -0.39 is 0 Å². The van der Waals surface area contributed by atoms with Crippen molar-refractivity contribution >= 4 is 12.2 Å². The Hall–Kier alpha value is -1.48. The highest BCUT2D eigenvalue weighted by molar-refractivity contribution is 7.71. The summed E-state index contributed by atoms with van der Waals surface area (Å²) in [6.07, 6.45) is 1.06. The van der Waals surface area contributed by atoms with Crippen LogP contribution in [0.15, 0.2) is 30.3 Å². The molecule has 0 radical (unpaired) electrons. The molecule has 94 valence electrons. The van der Waals surface area contributed by atoms with Crippen LogP contribution in [0.3, 0.4) is 0 Å². The molecule has 1 aromatic carbocycles. The van der Waals surface area contributed by atoms with Crippen molar-refractivity contribution in [1.82, 2.24) is 9.97 Å². The first-order chi connectivity index (χ1) is 8.60. The fraction of sp³-hybridized carbons (Fsp3) is 0.333. The normalized spacial score (nSPS) is 10.9. The van der Waals surface area contributed by atoms with Gasteiger partial charge in [0.2, 0.25) is 0 Å². The highest BCUT2D eigenvalue weighted by Crippen LogP contribution is 2.20. The molecule has 2 aromatic rings. The van der Waals surface area contributed by atoms with Gasteiger partial charge in [0.1, 0.15) is 10.5 Å². The lowest BCUT2D eigenvalue weighted by atomic mass is 10.1. The molecule has 18 heavy (non-hydrogen) atoms. The van der Waals surface area contributed by atoms with Crippen LogP contribution in [0, 0.1) is 4.64 Å². The second-order valence-electron chi connectivity index (χ2n) is 4.72. The van der Waals surface area contributed by atoms with Gasteiger partial charge in [-0.2, -0.15) is 0 Å². The van der Waals surface area contributed by atoms with Crippen molar-refractivity contribution in [2.75, 3.05) is 0 Å². The molecule has 1 N–H and O–H groups in total. The first-order valence-corrected chi connectivity index (χ1v) is 6.71. The van der Waals surface area contributed by atoms with E-state index in [0.717, 1.165) is 23.5 Å². The van der Waals surface area contributed by atoms with Gasteiger partial charge in [-0.1, -0.05) is 57.3 Å². The summed E-state index contributed by atoms with van der Waals surface area (Å²) < 4.78 is 0.645. The fourth-order valence-electron chi connectivity index (χ4n) is 1.83. The maximum atomic E-state index is 5.22. The van der Waals surface area contributed by atoms with Crippen LogP contribution in [-0.2, 0) is 6.42 Å². The summed E-state index contributed by atoms with van der Waals surface area (Å²) in [6, 6.07) is 10.5. The molecular weight excluding hydrogens is 240 g/mol. The maximum absolute atomic E-state index is 5.22. The van der Waals surface area contributed by atoms with E-state index in [1.165, 1.54) is 5.56 Å². The molecule has 2 nitrogen and oxygen atoms in total. The van der Waals surface area contributed by atoms with Crippen molar-refractivity contribution in [3.05, 3.63) is 46.4 Å². The third-order valence-electron chi connectivity index (χ3n) is 2.98. The summed E-state index contributed by atoms with van der Waals surface area (Å²) in [5.74, 6) is 1.29. The highest BCUT2D eigenvalue weighted by Gasteiger charge is 2.05. The van der Waals surface area contributed by atoms with E-state index >= 15 is 0 Å². The SMILES string of the molecule is CCc1ccc(-c2cc(=S)nc(C(C)C)[nH]2)cc1. The molecule has 0 aliphatic carbocycles. The minimum Gasteiger partial charge on any atom is -0.343 e. The number of aromatic nitrogens is 2. The zero-order valence-electron chi connectivity index (χ0n) is 11.0. The molecule has 0 aliphatic heterocycles. The predicted molar refractivity (Wildman–Crippen MR) is 78.3 cm³/mol. The van der Waals surface area contributed by atoms with Gasteiger partial charge in [0.15, 0.2) is 0 Å². The molecule has 1 heterocycles. The quantitative estimate of drug-likeness (QED) is 0.822. The number of aryl methyl sites for hydroxylation is 1. The van der Waals surface area contributed by atoms with Crippen molar-refractivity contribution in [2.24, 2.45) is 0 Å². The average molecular weight is 258 g/mol. The Balaban J connectivity index is 2.46. The molecule has 0 atom stereocenters. The van der Waals surface area contributed by atoms with Crippen molar-refractivity contribution in [2.45, 2.75) is 33.1 Å². The Morgan fingerprint density at radius 1 is 1.22 bits per heavy atom. The van der Waals surface area contributed by atoms with Gasteiger partial charge in [0, 0.05) is 11.6 Å². The molecular formula is C15H18N2S. The van der Waals surface area contributed by atoms with E-state index in [2.05, 4.69) is 55.0 Å². The summed E-state index contributed by atoms with van der Waals surface area (Å²) in [6.45, 7) is 6.38. The topological polar surface area (TPSA) is 28.7 Å². The van der Waals surface area contributed by atoms with Gasteiger partial charge in [-0.3, -0.25) is 0 Å². The van der Waals surface area contributed by atoms with Crippen LogP contribution in [0.2, 0.25) is 0 Å². The summed E-state index contributed by atoms with van der Waals surface area (Å²) in [7, 11) is 0. The van der Waals surface area contributed by atoms with Gasteiger partial charge in [-0.05, 0) is 23.6 Å². The van der Waals surface area contributed by atoms with E-state index in [9.17, 15) is 0 Å². The van der Waals surface area contributed by atoms with Crippen molar-refractivity contribution < 1.29 is 0 Å². The van der Waals surface area contributed by atoms with Crippen molar-refractivity contribution in [3.63, 3.8) is 0 Å². The molecule has 0 fully saturated rings. The van der Waals surface area contributed by atoms with Crippen LogP contribution in [0.1, 0.15) is 38.1 Å². The van der Waals surface area contributed by atoms with Crippen LogP contribution >= 0.6 is 12.2 Å². The van der Waals surface area contributed by atoms with Crippen molar-refractivity contribution in [1.29, 1.82) is 0 Å². The molecule has 0 spiro atoms. The van der Waals surface area contributed by atoms with Gasteiger partial charge in [0.25, 0.3) is 0 Å². The van der Waals surface area contributed by atoms with Crippen LogP contribution in [-0.4, -0.2) is 9.97 Å². The Kier molecular flexibility index (Phi) is 3.92. The summed E-state index contributed by atoms with van der Waals surface area (Å²) >= 11 is 5.22. The van der Waals surface area contributed by atoms with Gasteiger partial charge in [-0.15, -0.1) is 0 Å². The second kappa shape index (κ2) is 5.44. The van der Waals surface area contributed by atoms with Gasteiger partial charge in [-0.25, -0.2) is 4.98 Å². The van der Waals surface area contributed by atoms with Gasteiger partial charge >= 0.3 is 0 Å². The van der Waals surface area contributed by atoms with Gasteiger partial charge < -0.3 is 4.98 Å². The smallest absolute Gasteiger partial charge is 0.130 e. The molecule has 1 aromatic heterocycles.